The molecule has 1 aromatic carbocycles. The fourth-order valence-electron chi connectivity index (χ4n) is 3.00. The Bertz CT molecular complexity index is 704. The third kappa shape index (κ3) is 4.39. The third-order valence-electron chi connectivity index (χ3n) is 4.55. The zero-order chi connectivity index (χ0) is 17.8. The highest BCUT2D eigenvalue weighted by Gasteiger charge is 2.26. The maximum atomic E-state index is 12.9. The molecule has 1 fully saturated rings. The van der Waals surface area contributed by atoms with Gasteiger partial charge in [0.2, 0.25) is 0 Å². The maximum Gasteiger partial charge on any atom is 0.289 e. The number of amides is 1. The Balaban J connectivity index is 1.54. The highest BCUT2D eigenvalue weighted by molar-refractivity contribution is 5.91. The zero-order valence-electron chi connectivity index (χ0n) is 14.6. The van der Waals surface area contributed by atoms with E-state index in [1.165, 1.54) is 12.1 Å². The van der Waals surface area contributed by atoms with Crippen molar-refractivity contribution in [2.45, 2.75) is 25.5 Å². The van der Waals surface area contributed by atoms with Crippen LogP contribution in [-0.2, 0) is 6.61 Å². The van der Waals surface area contributed by atoms with Gasteiger partial charge in [-0.25, -0.2) is 4.39 Å². The molecular weight excluding hydrogens is 323 g/mol. The summed E-state index contributed by atoms with van der Waals surface area (Å²) in [6.45, 7) is 1.68. The summed E-state index contributed by atoms with van der Waals surface area (Å²) in [6, 6.07) is 9.74. The highest BCUT2D eigenvalue weighted by atomic mass is 19.1. The van der Waals surface area contributed by atoms with Crippen LogP contribution in [0.5, 0.6) is 5.75 Å². The molecular formula is C19H23FN2O3. The molecule has 0 unspecified atom stereocenters. The summed E-state index contributed by atoms with van der Waals surface area (Å²) in [4.78, 5) is 16.6. The summed E-state index contributed by atoms with van der Waals surface area (Å²) >= 11 is 0. The van der Waals surface area contributed by atoms with Crippen LogP contribution >= 0.6 is 0 Å². The number of nitrogens with zero attached hydrogens (tertiary/aromatic N) is 2. The third-order valence-corrected chi connectivity index (χ3v) is 4.55. The molecule has 1 aliphatic rings. The average molecular weight is 346 g/mol. The number of hydrogen-bond donors (Lipinski definition) is 0. The molecule has 0 N–H and O–H groups in total. The largest absolute Gasteiger partial charge is 0.486 e. The van der Waals surface area contributed by atoms with Gasteiger partial charge in [0.05, 0.1) is 0 Å². The number of hydrogen-bond acceptors (Lipinski definition) is 4. The second kappa shape index (κ2) is 7.70. The fourth-order valence-corrected chi connectivity index (χ4v) is 3.00. The van der Waals surface area contributed by atoms with Crippen LogP contribution in [0.25, 0.3) is 0 Å². The number of rotatable bonds is 5. The molecule has 25 heavy (non-hydrogen) atoms. The normalized spacial score (nSPS) is 15.6. The molecule has 134 valence electrons. The van der Waals surface area contributed by atoms with Crippen LogP contribution < -0.4 is 4.74 Å². The molecule has 1 aromatic heterocycles. The van der Waals surface area contributed by atoms with E-state index in [0.717, 1.165) is 25.9 Å². The second-order valence-corrected chi connectivity index (χ2v) is 6.50. The molecule has 1 aliphatic heterocycles. The Hall–Kier alpha value is -2.34. The van der Waals surface area contributed by atoms with Crippen LogP contribution in [0.15, 0.2) is 40.8 Å². The van der Waals surface area contributed by atoms with Gasteiger partial charge in [-0.05, 0) is 63.3 Å². The molecule has 0 radical (unpaired) electrons. The van der Waals surface area contributed by atoms with Gasteiger partial charge in [0.25, 0.3) is 5.91 Å². The van der Waals surface area contributed by atoms with Crippen molar-refractivity contribution in [3.63, 3.8) is 0 Å². The fraction of sp³-hybridized carbons (Fsp3) is 0.421. The molecule has 6 heteroatoms. The number of carbonyl (C=O) groups is 1. The SMILES string of the molecule is CN(C)C1CCN(C(=O)c2ccc(COc3ccc(F)cc3)o2)CC1. The van der Waals surface area contributed by atoms with Gasteiger partial charge in [0.15, 0.2) is 5.76 Å². The molecule has 3 rings (SSSR count). The van der Waals surface area contributed by atoms with Crippen molar-refractivity contribution < 1.29 is 18.3 Å². The monoisotopic (exact) mass is 346 g/mol. The van der Waals surface area contributed by atoms with Gasteiger partial charge >= 0.3 is 0 Å². The van der Waals surface area contributed by atoms with E-state index in [4.69, 9.17) is 9.15 Å². The Kier molecular flexibility index (Phi) is 5.38. The zero-order valence-corrected chi connectivity index (χ0v) is 14.6. The lowest BCUT2D eigenvalue weighted by atomic mass is 10.0. The highest BCUT2D eigenvalue weighted by Crippen LogP contribution is 2.19. The number of furan rings is 1. The number of piperidine rings is 1. The van der Waals surface area contributed by atoms with E-state index in [2.05, 4.69) is 19.0 Å². The average Bonchev–Trinajstić information content (AvgIpc) is 3.10. The summed E-state index contributed by atoms with van der Waals surface area (Å²) < 4.78 is 24.0. The topological polar surface area (TPSA) is 45.9 Å². The molecule has 0 spiro atoms. The van der Waals surface area contributed by atoms with E-state index in [0.29, 0.717) is 23.3 Å². The molecule has 1 amide bonds. The number of carbonyl (C=O) groups excluding carboxylic acids is 1. The van der Waals surface area contributed by atoms with Gasteiger partial charge in [-0.15, -0.1) is 0 Å². The van der Waals surface area contributed by atoms with E-state index in [1.807, 2.05) is 4.90 Å². The van der Waals surface area contributed by atoms with Gasteiger partial charge in [-0.3, -0.25) is 4.79 Å². The Labute approximate surface area is 147 Å². The van der Waals surface area contributed by atoms with Crippen LogP contribution in [0, 0.1) is 5.82 Å². The van der Waals surface area contributed by atoms with Crippen LogP contribution in [0.4, 0.5) is 4.39 Å². The maximum absolute atomic E-state index is 12.9. The van der Waals surface area contributed by atoms with Crippen LogP contribution in [-0.4, -0.2) is 48.9 Å². The molecule has 0 bridgehead atoms. The Morgan fingerprint density at radius 2 is 1.88 bits per heavy atom. The van der Waals surface area contributed by atoms with Crippen LogP contribution in [0.2, 0.25) is 0 Å². The van der Waals surface area contributed by atoms with E-state index in [1.54, 1.807) is 24.3 Å². The van der Waals surface area contributed by atoms with Gasteiger partial charge in [0.1, 0.15) is 23.9 Å². The molecule has 2 heterocycles. The second-order valence-electron chi connectivity index (χ2n) is 6.50. The van der Waals surface area contributed by atoms with Gasteiger partial charge in [-0.2, -0.15) is 0 Å². The van der Waals surface area contributed by atoms with Crippen molar-refractivity contribution in [3.05, 3.63) is 53.7 Å². The number of benzene rings is 1. The predicted molar refractivity (Wildman–Crippen MR) is 92.1 cm³/mol. The summed E-state index contributed by atoms with van der Waals surface area (Å²) in [5.41, 5.74) is 0. The van der Waals surface area contributed by atoms with Gasteiger partial charge < -0.3 is 19.0 Å². The first kappa shape index (κ1) is 17.5. The van der Waals surface area contributed by atoms with E-state index in [9.17, 15) is 9.18 Å². The summed E-state index contributed by atoms with van der Waals surface area (Å²) in [5, 5.41) is 0. The Morgan fingerprint density at radius 3 is 2.52 bits per heavy atom. The molecule has 2 aromatic rings. The molecule has 0 saturated carbocycles. The molecule has 5 nitrogen and oxygen atoms in total. The first-order valence-electron chi connectivity index (χ1n) is 8.45. The lowest BCUT2D eigenvalue weighted by molar-refractivity contribution is 0.0628. The van der Waals surface area contributed by atoms with Crippen LogP contribution in [0.3, 0.4) is 0 Å². The van der Waals surface area contributed by atoms with Gasteiger partial charge in [-0.1, -0.05) is 0 Å². The predicted octanol–water partition coefficient (Wildman–Crippen LogP) is 3.16. The van der Waals surface area contributed by atoms with Crippen molar-refractivity contribution in [3.8, 4) is 5.75 Å². The lowest BCUT2D eigenvalue weighted by Gasteiger charge is -2.34. The smallest absolute Gasteiger partial charge is 0.289 e. The number of likely N-dealkylation sites (tertiary alicyclic amines) is 1. The quantitative estimate of drug-likeness (QED) is 0.834. The van der Waals surface area contributed by atoms with E-state index < -0.39 is 0 Å². The minimum atomic E-state index is -0.309. The minimum Gasteiger partial charge on any atom is -0.486 e. The number of ether oxygens (including phenoxy) is 1. The van der Waals surface area contributed by atoms with Crippen molar-refractivity contribution in [2.75, 3.05) is 27.2 Å². The minimum absolute atomic E-state index is 0.0785. The van der Waals surface area contributed by atoms with Crippen molar-refractivity contribution >= 4 is 5.91 Å². The van der Waals surface area contributed by atoms with Crippen molar-refractivity contribution in [2.24, 2.45) is 0 Å². The lowest BCUT2D eigenvalue weighted by Crippen LogP contribution is -2.44. The summed E-state index contributed by atoms with van der Waals surface area (Å²) in [6.07, 6.45) is 1.94. The molecule has 0 aliphatic carbocycles. The standard InChI is InChI=1S/C19H23FN2O3/c1-21(2)15-9-11-22(12-10-15)19(23)18-8-7-17(25-18)13-24-16-5-3-14(20)4-6-16/h3-8,15H,9-13H2,1-2H3. The first-order chi connectivity index (χ1) is 12.0. The van der Waals surface area contributed by atoms with Crippen molar-refractivity contribution in [1.29, 1.82) is 0 Å². The van der Waals surface area contributed by atoms with E-state index in [-0.39, 0.29) is 18.3 Å². The summed E-state index contributed by atoms with van der Waals surface area (Å²) in [7, 11) is 4.14. The first-order valence-corrected chi connectivity index (χ1v) is 8.45. The van der Waals surface area contributed by atoms with E-state index >= 15 is 0 Å². The van der Waals surface area contributed by atoms with Crippen LogP contribution in [0.1, 0.15) is 29.2 Å². The summed E-state index contributed by atoms with van der Waals surface area (Å²) in [5.74, 6) is 1.06. The Morgan fingerprint density at radius 1 is 1.20 bits per heavy atom. The number of halogens is 1. The van der Waals surface area contributed by atoms with Crippen molar-refractivity contribution in [1.82, 2.24) is 9.80 Å². The molecule has 1 saturated heterocycles. The van der Waals surface area contributed by atoms with Gasteiger partial charge in [0, 0.05) is 19.1 Å². The molecule has 0 atom stereocenters.